The summed E-state index contributed by atoms with van der Waals surface area (Å²) in [5.41, 5.74) is 1.60. The number of aromatic nitrogens is 1. The quantitative estimate of drug-likeness (QED) is 0.725. The third-order valence-electron chi connectivity index (χ3n) is 5.51. The van der Waals surface area contributed by atoms with E-state index in [1.807, 2.05) is 0 Å². The summed E-state index contributed by atoms with van der Waals surface area (Å²) >= 11 is 6.10. The summed E-state index contributed by atoms with van der Waals surface area (Å²) in [5.74, 6) is -0.287. The molecule has 2 aromatic rings. The lowest BCUT2D eigenvalue weighted by molar-refractivity contribution is -0.153. The van der Waals surface area contributed by atoms with E-state index < -0.39 is 24.9 Å². The highest BCUT2D eigenvalue weighted by Crippen LogP contribution is 2.38. The van der Waals surface area contributed by atoms with Crippen molar-refractivity contribution in [2.75, 3.05) is 18.1 Å². The van der Waals surface area contributed by atoms with Crippen molar-refractivity contribution >= 4 is 29.2 Å². The maximum absolute atomic E-state index is 13.1. The smallest absolute Gasteiger partial charge is 0.422 e. The Bertz CT molecular complexity index is 1080. The maximum Gasteiger partial charge on any atom is 0.422 e. The van der Waals surface area contributed by atoms with E-state index in [-0.39, 0.29) is 42.1 Å². The highest BCUT2D eigenvalue weighted by molar-refractivity contribution is 6.32. The Hall–Kier alpha value is -2.85. The van der Waals surface area contributed by atoms with Gasteiger partial charge in [0.2, 0.25) is 5.91 Å². The first kappa shape index (κ1) is 22.3. The fourth-order valence-corrected chi connectivity index (χ4v) is 4.15. The SMILES string of the molecule is CC(c1ccc(OCC(F)(F)F)c(Cl)c1)N1Cc2c(ccnc2N2C[C@@H](O)CC2=O)C1=O. The number of carbonyl (C=O) groups excluding carboxylic acids is 2. The highest BCUT2D eigenvalue weighted by atomic mass is 35.5. The molecule has 1 aromatic carbocycles. The number of halogens is 4. The Labute approximate surface area is 186 Å². The van der Waals surface area contributed by atoms with Crippen LogP contribution in [0, 0.1) is 0 Å². The van der Waals surface area contributed by atoms with Crippen LogP contribution >= 0.6 is 11.6 Å². The molecule has 0 radical (unpaired) electrons. The van der Waals surface area contributed by atoms with Crippen LogP contribution in [0.1, 0.15) is 40.9 Å². The van der Waals surface area contributed by atoms with Crippen LogP contribution in [0.15, 0.2) is 30.5 Å². The molecule has 2 aliphatic heterocycles. The largest absolute Gasteiger partial charge is 0.483 e. The number of rotatable bonds is 5. The molecule has 1 aromatic heterocycles. The minimum Gasteiger partial charge on any atom is -0.483 e. The van der Waals surface area contributed by atoms with Gasteiger partial charge in [-0.25, -0.2) is 4.98 Å². The summed E-state index contributed by atoms with van der Waals surface area (Å²) in [6, 6.07) is 5.47. The van der Waals surface area contributed by atoms with E-state index in [1.165, 1.54) is 23.2 Å². The molecule has 0 spiro atoms. The fourth-order valence-electron chi connectivity index (χ4n) is 3.91. The molecule has 2 amide bonds. The zero-order valence-electron chi connectivity index (χ0n) is 16.9. The van der Waals surface area contributed by atoms with Gasteiger partial charge in [0, 0.05) is 17.3 Å². The number of aliphatic hydroxyl groups is 1. The summed E-state index contributed by atoms with van der Waals surface area (Å²) in [7, 11) is 0. The van der Waals surface area contributed by atoms with E-state index in [2.05, 4.69) is 4.98 Å². The summed E-state index contributed by atoms with van der Waals surface area (Å²) in [5, 5.41) is 9.80. The van der Waals surface area contributed by atoms with Crippen LogP contribution in [0.3, 0.4) is 0 Å². The number of anilines is 1. The van der Waals surface area contributed by atoms with Crippen LogP contribution in [-0.2, 0) is 11.3 Å². The van der Waals surface area contributed by atoms with Gasteiger partial charge in [0.15, 0.2) is 6.61 Å². The van der Waals surface area contributed by atoms with Crippen molar-refractivity contribution in [3.05, 3.63) is 52.2 Å². The van der Waals surface area contributed by atoms with Gasteiger partial charge >= 0.3 is 6.18 Å². The molecule has 2 aliphatic rings. The lowest BCUT2D eigenvalue weighted by Gasteiger charge is -2.25. The first-order chi connectivity index (χ1) is 15.0. The number of β-amino-alcohol motifs (C(OH)–C–C–N with tert-alkyl or cyclic N) is 1. The third-order valence-corrected chi connectivity index (χ3v) is 5.81. The van der Waals surface area contributed by atoms with Crippen molar-refractivity contribution in [1.29, 1.82) is 0 Å². The average Bonchev–Trinajstić information content (AvgIpc) is 3.24. The van der Waals surface area contributed by atoms with Gasteiger partial charge in [-0.2, -0.15) is 13.2 Å². The van der Waals surface area contributed by atoms with E-state index in [0.717, 1.165) is 0 Å². The predicted molar refractivity (Wildman–Crippen MR) is 109 cm³/mol. The first-order valence-corrected chi connectivity index (χ1v) is 10.2. The Kier molecular flexibility index (Phi) is 5.76. The average molecular weight is 470 g/mol. The van der Waals surface area contributed by atoms with E-state index in [1.54, 1.807) is 24.0 Å². The molecule has 1 unspecified atom stereocenters. The number of nitrogens with zero attached hydrogens (tertiary/aromatic N) is 3. The topological polar surface area (TPSA) is 83.0 Å². The number of hydrogen-bond acceptors (Lipinski definition) is 5. The van der Waals surface area contributed by atoms with Crippen LogP contribution in [0.4, 0.5) is 19.0 Å². The Morgan fingerprint density at radius 3 is 2.69 bits per heavy atom. The lowest BCUT2D eigenvalue weighted by atomic mass is 10.1. The van der Waals surface area contributed by atoms with Gasteiger partial charge < -0.3 is 14.7 Å². The number of benzene rings is 1. The molecule has 0 saturated carbocycles. The number of hydrogen-bond donors (Lipinski definition) is 1. The third kappa shape index (κ3) is 4.24. The van der Waals surface area contributed by atoms with Crippen LogP contribution in [0.2, 0.25) is 5.02 Å². The molecule has 0 aliphatic carbocycles. The minimum absolute atomic E-state index is 0.000663. The number of amides is 2. The molecule has 2 atom stereocenters. The first-order valence-electron chi connectivity index (χ1n) is 9.81. The van der Waals surface area contributed by atoms with Crippen LogP contribution < -0.4 is 9.64 Å². The second-order valence-corrected chi connectivity index (χ2v) is 8.13. The van der Waals surface area contributed by atoms with E-state index in [4.69, 9.17) is 16.3 Å². The number of aliphatic hydroxyl groups excluding tert-OH is 1. The van der Waals surface area contributed by atoms with Gasteiger partial charge in [0.25, 0.3) is 5.91 Å². The van der Waals surface area contributed by atoms with Gasteiger partial charge in [-0.1, -0.05) is 17.7 Å². The van der Waals surface area contributed by atoms with Crippen molar-refractivity contribution in [2.24, 2.45) is 0 Å². The molecule has 1 fully saturated rings. The Morgan fingerprint density at radius 2 is 2.06 bits per heavy atom. The van der Waals surface area contributed by atoms with Crippen molar-refractivity contribution in [2.45, 2.75) is 38.2 Å². The minimum atomic E-state index is -4.48. The zero-order chi connectivity index (χ0) is 23.2. The molecule has 32 heavy (non-hydrogen) atoms. The Balaban J connectivity index is 1.56. The molecule has 170 valence electrons. The van der Waals surface area contributed by atoms with E-state index >= 15 is 0 Å². The number of pyridine rings is 1. The summed E-state index contributed by atoms with van der Waals surface area (Å²) in [6.45, 7) is 0.605. The normalized spacial score (nSPS) is 19.5. The predicted octanol–water partition coefficient (Wildman–Crippen LogP) is 3.49. The van der Waals surface area contributed by atoms with Crippen LogP contribution in [0.5, 0.6) is 5.75 Å². The fraction of sp³-hybridized carbons (Fsp3) is 0.381. The number of carbonyl (C=O) groups is 2. The monoisotopic (exact) mass is 469 g/mol. The van der Waals surface area contributed by atoms with Crippen molar-refractivity contribution < 1.29 is 32.6 Å². The van der Waals surface area contributed by atoms with Crippen molar-refractivity contribution in [1.82, 2.24) is 9.88 Å². The molecular formula is C21H19ClF3N3O4. The molecule has 0 bridgehead atoms. The van der Waals surface area contributed by atoms with Crippen molar-refractivity contribution in [3.8, 4) is 5.75 Å². The lowest BCUT2D eigenvalue weighted by Crippen LogP contribution is -2.28. The van der Waals surface area contributed by atoms with Crippen LogP contribution in [-0.4, -0.2) is 52.2 Å². The molecular weight excluding hydrogens is 451 g/mol. The summed E-state index contributed by atoms with van der Waals surface area (Å²) in [4.78, 5) is 32.5. The zero-order valence-corrected chi connectivity index (χ0v) is 17.7. The highest BCUT2D eigenvalue weighted by Gasteiger charge is 2.38. The Morgan fingerprint density at radius 1 is 1.31 bits per heavy atom. The second-order valence-electron chi connectivity index (χ2n) is 7.73. The van der Waals surface area contributed by atoms with Crippen LogP contribution in [0.25, 0.3) is 0 Å². The summed E-state index contributed by atoms with van der Waals surface area (Å²) < 4.78 is 41.9. The van der Waals surface area contributed by atoms with Gasteiger partial charge in [-0.3, -0.25) is 14.5 Å². The number of alkyl halides is 3. The van der Waals surface area contributed by atoms with Gasteiger partial charge in [0.05, 0.1) is 36.7 Å². The van der Waals surface area contributed by atoms with Gasteiger partial charge in [-0.05, 0) is 30.7 Å². The maximum atomic E-state index is 13.1. The van der Waals surface area contributed by atoms with E-state index in [0.29, 0.717) is 22.5 Å². The second kappa shape index (κ2) is 8.25. The van der Waals surface area contributed by atoms with E-state index in [9.17, 15) is 27.9 Å². The molecule has 7 nitrogen and oxygen atoms in total. The standard InChI is InChI=1S/C21H19ClF3N3O4/c1-11(12-2-3-17(16(22)6-12)32-10-21(23,24)25)27-9-15-14(20(27)31)4-5-26-19(15)28-8-13(29)7-18(28)30/h2-6,11,13,29H,7-10H2,1H3/t11?,13-/m0/s1. The van der Waals surface area contributed by atoms with Gasteiger partial charge in [-0.15, -0.1) is 0 Å². The molecule has 1 saturated heterocycles. The number of fused-ring (bicyclic) bond motifs is 1. The molecule has 3 heterocycles. The van der Waals surface area contributed by atoms with Gasteiger partial charge in [0.1, 0.15) is 11.6 Å². The number of ether oxygens (including phenoxy) is 1. The molecule has 11 heteroatoms. The summed E-state index contributed by atoms with van der Waals surface area (Å²) in [6.07, 6.45) is -3.82. The van der Waals surface area contributed by atoms with Crippen molar-refractivity contribution in [3.63, 3.8) is 0 Å². The molecule has 1 N–H and O–H groups in total. The molecule has 4 rings (SSSR count).